The molecule has 0 aliphatic carbocycles. The number of halogens is 2. The van der Waals surface area contributed by atoms with Gasteiger partial charge in [0.25, 0.3) is 0 Å². The summed E-state index contributed by atoms with van der Waals surface area (Å²) in [5, 5.41) is 11.4. The van der Waals surface area contributed by atoms with Crippen molar-refractivity contribution in [2.45, 2.75) is 13.2 Å². The molecule has 2 aromatic rings. The van der Waals surface area contributed by atoms with Crippen LogP contribution < -0.4 is 15.0 Å². The van der Waals surface area contributed by atoms with Crippen LogP contribution in [0.25, 0.3) is 0 Å². The van der Waals surface area contributed by atoms with E-state index in [1.807, 2.05) is 6.07 Å². The first-order valence-electron chi connectivity index (χ1n) is 7.35. The molecule has 8 heteroatoms. The molecule has 0 spiro atoms. The summed E-state index contributed by atoms with van der Waals surface area (Å²) in [7, 11) is 1.70. The van der Waals surface area contributed by atoms with Crippen molar-refractivity contribution in [3.8, 4) is 11.8 Å². The summed E-state index contributed by atoms with van der Waals surface area (Å²) in [6.45, 7) is -2.64. The molecule has 1 heterocycles. The van der Waals surface area contributed by atoms with E-state index >= 15 is 0 Å². The molecule has 0 unspecified atom stereocenters. The highest BCUT2D eigenvalue weighted by atomic mass is 19.3. The number of ether oxygens (including phenoxy) is 1. The number of benzene rings is 1. The lowest BCUT2D eigenvalue weighted by molar-refractivity contribution is -0.119. The number of nitriles is 1. The Labute approximate surface area is 143 Å². The van der Waals surface area contributed by atoms with Crippen LogP contribution in [-0.2, 0) is 11.3 Å². The molecule has 0 bridgehead atoms. The summed E-state index contributed by atoms with van der Waals surface area (Å²) in [6.07, 6.45) is 1.43. The Morgan fingerprint density at radius 3 is 2.84 bits per heavy atom. The van der Waals surface area contributed by atoms with Crippen molar-refractivity contribution >= 4 is 11.7 Å². The number of rotatable bonds is 7. The van der Waals surface area contributed by atoms with E-state index < -0.39 is 6.61 Å². The summed E-state index contributed by atoms with van der Waals surface area (Å²) in [4.78, 5) is 17.7. The highest BCUT2D eigenvalue weighted by Gasteiger charge is 2.09. The average Bonchev–Trinajstić information content (AvgIpc) is 2.60. The van der Waals surface area contributed by atoms with Gasteiger partial charge in [-0.2, -0.15) is 14.0 Å². The lowest BCUT2D eigenvalue weighted by Gasteiger charge is -2.17. The van der Waals surface area contributed by atoms with E-state index in [0.717, 1.165) is 0 Å². The molecule has 0 radical (unpaired) electrons. The molecule has 1 amide bonds. The second-order valence-corrected chi connectivity index (χ2v) is 5.18. The van der Waals surface area contributed by atoms with Crippen molar-refractivity contribution in [1.29, 1.82) is 5.26 Å². The third-order valence-corrected chi connectivity index (χ3v) is 3.26. The van der Waals surface area contributed by atoms with Crippen LogP contribution in [0.4, 0.5) is 14.6 Å². The Hall–Kier alpha value is -3.21. The van der Waals surface area contributed by atoms with E-state index in [4.69, 9.17) is 5.26 Å². The van der Waals surface area contributed by atoms with E-state index in [0.29, 0.717) is 16.9 Å². The van der Waals surface area contributed by atoms with Crippen LogP contribution in [0.15, 0.2) is 42.6 Å². The number of carbonyl (C=O) groups is 1. The Bertz CT molecular complexity index is 760. The van der Waals surface area contributed by atoms with Gasteiger partial charge in [-0.15, -0.1) is 0 Å². The van der Waals surface area contributed by atoms with Gasteiger partial charge in [0.2, 0.25) is 5.91 Å². The minimum atomic E-state index is -2.89. The van der Waals surface area contributed by atoms with Gasteiger partial charge in [0.05, 0.1) is 12.1 Å². The average molecular weight is 346 g/mol. The lowest BCUT2D eigenvalue weighted by Crippen LogP contribution is -2.35. The summed E-state index contributed by atoms with van der Waals surface area (Å²) in [6, 6.07) is 11.4. The molecule has 0 fully saturated rings. The second kappa shape index (κ2) is 8.59. The lowest BCUT2D eigenvalue weighted by atomic mass is 10.2. The Morgan fingerprint density at radius 1 is 1.40 bits per heavy atom. The van der Waals surface area contributed by atoms with Gasteiger partial charge in [0.1, 0.15) is 17.6 Å². The smallest absolute Gasteiger partial charge is 0.387 e. The maximum absolute atomic E-state index is 12.2. The number of carbonyl (C=O) groups excluding carboxylic acids is 1. The number of nitrogens with one attached hydrogen (secondary N) is 1. The van der Waals surface area contributed by atoms with Gasteiger partial charge in [0, 0.05) is 19.8 Å². The van der Waals surface area contributed by atoms with Crippen molar-refractivity contribution in [3.63, 3.8) is 0 Å². The number of amides is 1. The number of aromatic nitrogens is 1. The fraction of sp³-hybridized carbons (Fsp3) is 0.235. The first-order chi connectivity index (χ1) is 12.0. The molecule has 0 saturated heterocycles. The Kier molecular flexibility index (Phi) is 6.23. The molecule has 0 atom stereocenters. The number of alkyl halides is 2. The zero-order valence-electron chi connectivity index (χ0n) is 13.4. The summed E-state index contributed by atoms with van der Waals surface area (Å²) < 4.78 is 28.7. The van der Waals surface area contributed by atoms with Crippen molar-refractivity contribution in [3.05, 3.63) is 53.7 Å². The molecule has 1 aromatic carbocycles. The normalized spacial score (nSPS) is 10.2. The second-order valence-electron chi connectivity index (χ2n) is 5.18. The van der Waals surface area contributed by atoms with E-state index in [9.17, 15) is 13.6 Å². The minimum Gasteiger partial charge on any atom is -0.435 e. The summed E-state index contributed by atoms with van der Waals surface area (Å²) >= 11 is 0. The zero-order chi connectivity index (χ0) is 18.2. The predicted octanol–water partition coefficient (Wildman–Crippen LogP) is 2.31. The van der Waals surface area contributed by atoms with Gasteiger partial charge in [-0.25, -0.2) is 4.98 Å². The molecule has 1 aromatic heterocycles. The molecular formula is C17H16F2N4O2. The van der Waals surface area contributed by atoms with E-state index in [1.165, 1.54) is 18.3 Å². The van der Waals surface area contributed by atoms with Gasteiger partial charge < -0.3 is 15.0 Å². The number of nitrogens with zero attached hydrogens (tertiary/aromatic N) is 3. The van der Waals surface area contributed by atoms with Gasteiger partial charge in [-0.3, -0.25) is 4.79 Å². The van der Waals surface area contributed by atoms with E-state index in [1.54, 1.807) is 36.2 Å². The predicted molar refractivity (Wildman–Crippen MR) is 87.1 cm³/mol. The first kappa shape index (κ1) is 18.1. The Balaban J connectivity index is 1.86. The van der Waals surface area contributed by atoms with Crippen LogP contribution >= 0.6 is 0 Å². The summed E-state index contributed by atoms with van der Waals surface area (Å²) in [5.41, 5.74) is 1.08. The molecule has 0 aliphatic heterocycles. The largest absolute Gasteiger partial charge is 0.435 e. The highest BCUT2D eigenvalue weighted by Crippen LogP contribution is 2.15. The van der Waals surface area contributed by atoms with Crippen LogP contribution in [0.2, 0.25) is 0 Å². The van der Waals surface area contributed by atoms with E-state index in [2.05, 4.69) is 15.0 Å². The van der Waals surface area contributed by atoms with Crippen LogP contribution in [0.3, 0.4) is 0 Å². The SMILES string of the molecule is CN(CC(=O)NCc1cccc(OC(F)F)c1)c1ccc(C#N)cn1. The quantitative estimate of drug-likeness (QED) is 0.832. The first-order valence-corrected chi connectivity index (χ1v) is 7.35. The van der Waals surface area contributed by atoms with Gasteiger partial charge >= 0.3 is 6.61 Å². The number of hydrogen-bond acceptors (Lipinski definition) is 5. The molecule has 25 heavy (non-hydrogen) atoms. The molecule has 0 saturated carbocycles. The Morgan fingerprint density at radius 2 is 2.20 bits per heavy atom. The topological polar surface area (TPSA) is 78.3 Å². The van der Waals surface area contributed by atoms with Gasteiger partial charge in [-0.05, 0) is 29.8 Å². The van der Waals surface area contributed by atoms with Crippen LogP contribution in [0.1, 0.15) is 11.1 Å². The number of pyridine rings is 1. The fourth-order valence-corrected chi connectivity index (χ4v) is 2.06. The van der Waals surface area contributed by atoms with E-state index in [-0.39, 0.29) is 24.7 Å². The molecule has 130 valence electrons. The van der Waals surface area contributed by atoms with Crippen molar-refractivity contribution in [2.24, 2.45) is 0 Å². The van der Waals surface area contributed by atoms with Crippen molar-refractivity contribution in [1.82, 2.24) is 10.3 Å². The summed E-state index contributed by atoms with van der Waals surface area (Å²) in [5.74, 6) is 0.343. The molecule has 1 N–H and O–H groups in total. The standard InChI is InChI=1S/C17H16F2N4O2/c1-23(15-6-5-13(8-20)10-21-15)11-16(24)22-9-12-3-2-4-14(7-12)25-17(18)19/h2-7,10,17H,9,11H2,1H3,(H,22,24). The third kappa shape index (κ3) is 5.73. The van der Waals surface area contributed by atoms with Crippen molar-refractivity contribution < 1.29 is 18.3 Å². The molecule has 0 aliphatic rings. The van der Waals surface area contributed by atoms with Crippen LogP contribution in [-0.4, -0.2) is 31.1 Å². The molecule has 6 nitrogen and oxygen atoms in total. The van der Waals surface area contributed by atoms with Gasteiger partial charge in [0.15, 0.2) is 0 Å². The fourth-order valence-electron chi connectivity index (χ4n) is 2.06. The molecule has 2 rings (SSSR count). The highest BCUT2D eigenvalue weighted by molar-refractivity contribution is 5.80. The maximum Gasteiger partial charge on any atom is 0.387 e. The number of anilines is 1. The monoisotopic (exact) mass is 346 g/mol. The van der Waals surface area contributed by atoms with Gasteiger partial charge in [-0.1, -0.05) is 12.1 Å². The number of hydrogen-bond donors (Lipinski definition) is 1. The maximum atomic E-state index is 12.2. The third-order valence-electron chi connectivity index (χ3n) is 3.26. The number of likely N-dealkylation sites (N-methyl/N-ethyl adjacent to an activating group) is 1. The van der Waals surface area contributed by atoms with Crippen LogP contribution in [0, 0.1) is 11.3 Å². The van der Waals surface area contributed by atoms with Crippen molar-refractivity contribution in [2.75, 3.05) is 18.5 Å². The van der Waals surface area contributed by atoms with Crippen LogP contribution in [0.5, 0.6) is 5.75 Å². The minimum absolute atomic E-state index is 0.0423. The molecular weight excluding hydrogens is 330 g/mol. The zero-order valence-corrected chi connectivity index (χ0v) is 13.4.